The quantitative estimate of drug-likeness (QED) is 0.788. The second kappa shape index (κ2) is 3.06. The molecule has 5 heteroatoms. The van der Waals surface area contributed by atoms with Gasteiger partial charge in [0, 0.05) is 0 Å². The lowest BCUT2D eigenvalue weighted by Gasteiger charge is -2.06. The Bertz CT molecular complexity index is 320. The van der Waals surface area contributed by atoms with Crippen LogP contribution in [0.25, 0.3) is 0 Å². The van der Waals surface area contributed by atoms with Crippen LogP contribution in [0.15, 0.2) is 20.2 Å². The minimum atomic E-state index is 0.271. The summed E-state index contributed by atoms with van der Waals surface area (Å²) < 4.78 is 1.14. The Morgan fingerprint density at radius 1 is 1.75 bits per heavy atom. The van der Waals surface area contributed by atoms with Crippen LogP contribution in [0, 0.1) is 0 Å². The van der Waals surface area contributed by atoms with E-state index >= 15 is 0 Å². The summed E-state index contributed by atoms with van der Waals surface area (Å²) in [5.74, 6) is 0.544. The Labute approximate surface area is 82.8 Å². The summed E-state index contributed by atoms with van der Waals surface area (Å²) in [5.41, 5.74) is 6.75. The lowest BCUT2D eigenvalue weighted by molar-refractivity contribution is 0.710. The van der Waals surface area contributed by atoms with E-state index < -0.39 is 0 Å². The Balaban J connectivity index is 2.13. The van der Waals surface area contributed by atoms with Crippen LogP contribution < -0.4 is 11.1 Å². The van der Waals surface area contributed by atoms with Crippen LogP contribution in [0.1, 0.15) is 11.6 Å². The molecule has 12 heavy (non-hydrogen) atoms. The zero-order valence-electron chi connectivity index (χ0n) is 6.25. The molecule has 1 atom stereocenters. The molecule has 1 unspecified atom stereocenters. The number of halogens is 1. The van der Waals surface area contributed by atoms with Gasteiger partial charge in [-0.25, -0.2) is 0 Å². The molecular weight excluding hydrogens is 238 g/mol. The van der Waals surface area contributed by atoms with E-state index in [-0.39, 0.29) is 6.04 Å². The van der Waals surface area contributed by atoms with Crippen LogP contribution in [0.2, 0.25) is 0 Å². The van der Waals surface area contributed by atoms with Crippen LogP contribution in [0.4, 0.5) is 0 Å². The normalized spacial score (nSPS) is 22.1. The van der Waals surface area contributed by atoms with Gasteiger partial charge in [0.2, 0.25) is 0 Å². The number of nitrogens with zero attached hydrogens (tertiary/aromatic N) is 1. The summed E-state index contributed by atoms with van der Waals surface area (Å²) in [6.45, 7) is 0.745. The third-order valence-electron chi connectivity index (χ3n) is 1.76. The number of nitrogens with one attached hydrogen (secondary N) is 1. The molecule has 1 aliphatic rings. The van der Waals surface area contributed by atoms with Gasteiger partial charge in [-0.15, -0.1) is 11.3 Å². The van der Waals surface area contributed by atoms with Crippen LogP contribution in [-0.4, -0.2) is 12.5 Å². The zero-order chi connectivity index (χ0) is 8.55. The van der Waals surface area contributed by atoms with Crippen molar-refractivity contribution in [3.05, 3.63) is 20.8 Å². The van der Waals surface area contributed by atoms with Crippen molar-refractivity contribution in [2.24, 2.45) is 10.7 Å². The average molecular weight is 246 g/mol. The lowest BCUT2D eigenvalue weighted by Crippen LogP contribution is -2.29. The van der Waals surface area contributed by atoms with Crippen LogP contribution in [0.3, 0.4) is 0 Å². The van der Waals surface area contributed by atoms with E-state index in [1.165, 1.54) is 5.56 Å². The summed E-state index contributed by atoms with van der Waals surface area (Å²) in [4.78, 5) is 4.08. The first-order valence-electron chi connectivity index (χ1n) is 3.56. The van der Waals surface area contributed by atoms with Gasteiger partial charge in [0.15, 0.2) is 5.96 Å². The molecule has 0 radical (unpaired) electrons. The molecule has 3 N–H and O–H groups in total. The highest BCUT2D eigenvalue weighted by molar-refractivity contribution is 9.11. The minimum Gasteiger partial charge on any atom is -0.370 e. The highest BCUT2D eigenvalue weighted by Crippen LogP contribution is 2.26. The third-order valence-corrected chi connectivity index (χ3v) is 3.28. The first kappa shape index (κ1) is 8.07. The van der Waals surface area contributed by atoms with E-state index in [2.05, 4.69) is 37.7 Å². The highest BCUT2D eigenvalue weighted by Gasteiger charge is 2.17. The van der Waals surface area contributed by atoms with Crippen molar-refractivity contribution in [1.29, 1.82) is 0 Å². The molecule has 0 saturated carbocycles. The van der Waals surface area contributed by atoms with Crippen molar-refractivity contribution in [2.45, 2.75) is 6.04 Å². The van der Waals surface area contributed by atoms with E-state index in [0.29, 0.717) is 5.96 Å². The predicted molar refractivity (Wildman–Crippen MR) is 54.4 cm³/mol. The number of guanidine groups is 1. The molecule has 0 fully saturated rings. The number of hydrogen-bond donors (Lipinski definition) is 2. The monoisotopic (exact) mass is 245 g/mol. The molecular formula is C7H8BrN3S. The Morgan fingerprint density at radius 3 is 3.08 bits per heavy atom. The van der Waals surface area contributed by atoms with E-state index in [4.69, 9.17) is 5.73 Å². The molecule has 0 saturated heterocycles. The van der Waals surface area contributed by atoms with Crippen molar-refractivity contribution in [1.82, 2.24) is 5.32 Å². The second-order valence-electron chi connectivity index (χ2n) is 2.61. The smallest absolute Gasteiger partial charge is 0.189 e. The molecule has 0 aliphatic carbocycles. The van der Waals surface area contributed by atoms with E-state index in [1.807, 2.05) is 0 Å². The summed E-state index contributed by atoms with van der Waals surface area (Å²) in [5, 5.41) is 5.20. The van der Waals surface area contributed by atoms with Gasteiger partial charge in [0.25, 0.3) is 0 Å². The lowest BCUT2D eigenvalue weighted by atomic mass is 10.2. The van der Waals surface area contributed by atoms with Gasteiger partial charge >= 0.3 is 0 Å². The highest BCUT2D eigenvalue weighted by atomic mass is 79.9. The van der Waals surface area contributed by atoms with Gasteiger partial charge in [0.1, 0.15) is 0 Å². The van der Waals surface area contributed by atoms with Crippen LogP contribution in [-0.2, 0) is 0 Å². The number of thiophene rings is 1. The Morgan fingerprint density at radius 2 is 2.58 bits per heavy atom. The Kier molecular flexibility index (Phi) is 2.06. The number of rotatable bonds is 1. The van der Waals surface area contributed by atoms with Gasteiger partial charge in [-0.1, -0.05) is 0 Å². The van der Waals surface area contributed by atoms with Gasteiger partial charge < -0.3 is 11.1 Å². The van der Waals surface area contributed by atoms with Gasteiger partial charge in [-0.3, -0.25) is 4.99 Å². The van der Waals surface area contributed by atoms with E-state index in [9.17, 15) is 0 Å². The van der Waals surface area contributed by atoms with Gasteiger partial charge in [-0.2, -0.15) is 0 Å². The molecule has 0 spiro atoms. The molecule has 0 aromatic carbocycles. The van der Waals surface area contributed by atoms with Crippen molar-refractivity contribution in [3.8, 4) is 0 Å². The molecule has 1 aliphatic heterocycles. The third kappa shape index (κ3) is 1.47. The van der Waals surface area contributed by atoms with Crippen molar-refractivity contribution < 1.29 is 0 Å². The van der Waals surface area contributed by atoms with Crippen molar-refractivity contribution in [2.75, 3.05) is 6.54 Å². The zero-order valence-corrected chi connectivity index (χ0v) is 8.65. The van der Waals surface area contributed by atoms with Gasteiger partial charge in [0.05, 0.1) is 16.4 Å². The van der Waals surface area contributed by atoms with Crippen molar-refractivity contribution in [3.63, 3.8) is 0 Å². The molecule has 1 aromatic rings. The fourth-order valence-corrected chi connectivity index (χ4v) is 2.38. The molecule has 0 bridgehead atoms. The minimum absolute atomic E-state index is 0.271. The fourth-order valence-electron chi connectivity index (χ4n) is 1.15. The molecule has 2 rings (SSSR count). The van der Waals surface area contributed by atoms with Crippen molar-refractivity contribution >= 4 is 33.2 Å². The van der Waals surface area contributed by atoms with Gasteiger partial charge in [-0.05, 0) is 32.9 Å². The number of hydrogen-bond acceptors (Lipinski definition) is 4. The molecule has 1 aromatic heterocycles. The maximum atomic E-state index is 5.50. The topological polar surface area (TPSA) is 50.4 Å². The summed E-state index contributed by atoms with van der Waals surface area (Å²) in [6, 6.07) is 2.36. The second-order valence-corrected chi connectivity index (χ2v) is 4.90. The van der Waals surface area contributed by atoms with E-state index in [1.54, 1.807) is 11.3 Å². The fraction of sp³-hybridized carbons (Fsp3) is 0.286. The largest absolute Gasteiger partial charge is 0.370 e. The first-order valence-corrected chi connectivity index (χ1v) is 5.23. The van der Waals surface area contributed by atoms with Crippen LogP contribution in [0.5, 0.6) is 0 Å². The molecule has 0 amide bonds. The summed E-state index contributed by atoms with van der Waals surface area (Å²) in [6.07, 6.45) is 0. The standard InChI is InChI=1S/C7H8BrN3S/c8-6-1-4(3-12-6)5-2-10-7(9)11-5/h1,3,5H,2H2,(H3,9,10,11). The predicted octanol–water partition coefficient (Wildman–Crippen LogP) is 1.47. The van der Waals surface area contributed by atoms with Crippen LogP contribution >= 0.6 is 27.3 Å². The van der Waals surface area contributed by atoms with E-state index in [0.717, 1.165) is 10.3 Å². The first-order chi connectivity index (χ1) is 5.75. The SMILES string of the molecule is NC1=NCC(c2csc(Br)c2)N1. The summed E-state index contributed by atoms with van der Waals surface area (Å²) in [7, 11) is 0. The number of aliphatic imine (C=N–C) groups is 1. The molecule has 2 heterocycles. The molecule has 64 valence electrons. The maximum absolute atomic E-state index is 5.50. The Hall–Kier alpha value is -0.550. The summed E-state index contributed by atoms with van der Waals surface area (Å²) >= 11 is 5.09. The maximum Gasteiger partial charge on any atom is 0.189 e. The molecule has 3 nitrogen and oxygen atoms in total. The number of nitrogens with two attached hydrogens (primary N) is 1. The average Bonchev–Trinajstić information content (AvgIpc) is 2.58.